The van der Waals surface area contributed by atoms with E-state index in [2.05, 4.69) is 4.18 Å². The lowest BCUT2D eigenvalue weighted by atomic mass is 10.2. The topological polar surface area (TPSA) is 47.8 Å². The van der Waals surface area contributed by atoms with Gasteiger partial charge in [0.2, 0.25) is 0 Å². The second-order valence-electron chi connectivity index (χ2n) is 3.97. The van der Waals surface area contributed by atoms with E-state index in [1.165, 1.54) is 6.92 Å². The molecule has 0 aliphatic carbocycles. The predicted octanol–water partition coefficient (Wildman–Crippen LogP) is 0.598. The molecule has 0 saturated carbocycles. The zero-order chi connectivity index (χ0) is 14.4. The summed E-state index contributed by atoms with van der Waals surface area (Å²) in [5.41, 5.74) is 0. The van der Waals surface area contributed by atoms with E-state index >= 15 is 0 Å². The van der Waals surface area contributed by atoms with E-state index in [0.29, 0.717) is 13.1 Å². The Morgan fingerprint density at radius 2 is 1.67 bits per heavy atom. The Balaban J connectivity index is 4.62. The summed E-state index contributed by atoms with van der Waals surface area (Å²) in [6.45, 7) is 6.61. The highest BCUT2D eigenvalue weighted by molar-refractivity contribution is 7.86. The molecule has 0 unspecified atom stereocenters. The van der Waals surface area contributed by atoms with Crippen LogP contribution in [0.4, 0.5) is 13.2 Å². The molecule has 0 spiro atoms. The SMILES string of the molecule is CC[NH+](CC)CC[C@H](OS(=O)(=O)CC)C(F)(F)F. The molecule has 8 heteroatoms. The average Bonchev–Trinajstić information content (AvgIpc) is 2.27. The molecule has 0 rings (SSSR count). The number of quaternary nitrogens is 1. The number of nitrogens with one attached hydrogen (secondary N) is 1. The fraction of sp³-hybridized carbons (Fsp3) is 1.00. The molecule has 1 atom stereocenters. The maximum atomic E-state index is 12.6. The summed E-state index contributed by atoms with van der Waals surface area (Å²) in [6.07, 6.45) is -7.25. The van der Waals surface area contributed by atoms with Gasteiger partial charge < -0.3 is 4.90 Å². The molecule has 0 aromatic heterocycles. The number of halogens is 3. The third-order valence-corrected chi connectivity index (χ3v) is 3.97. The van der Waals surface area contributed by atoms with Crippen molar-refractivity contribution in [2.45, 2.75) is 39.5 Å². The van der Waals surface area contributed by atoms with Gasteiger partial charge in [-0.2, -0.15) is 21.6 Å². The van der Waals surface area contributed by atoms with Crippen molar-refractivity contribution < 1.29 is 30.7 Å². The minimum absolute atomic E-state index is 0.233. The molecule has 0 aromatic rings. The maximum absolute atomic E-state index is 12.6. The van der Waals surface area contributed by atoms with Gasteiger partial charge in [0.05, 0.1) is 25.4 Å². The monoisotopic (exact) mass is 292 g/mol. The predicted molar refractivity (Wildman–Crippen MR) is 61.9 cm³/mol. The van der Waals surface area contributed by atoms with Crippen LogP contribution in [0.5, 0.6) is 0 Å². The molecule has 1 N–H and O–H groups in total. The van der Waals surface area contributed by atoms with Crippen LogP contribution in [-0.4, -0.2) is 46.1 Å². The summed E-state index contributed by atoms with van der Waals surface area (Å²) in [4.78, 5) is 0.974. The van der Waals surface area contributed by atoms with Crippen LogP contribution in [0, 0.1) is 0 Å². The number of hydrogen-bond acceptors (Lipinski definition) is 3. The second-order valence-corrected chi connectivity index (χ2v) is 5.85. The molecule has 0 saturated heterocycles. The minimum Gasteiger partial charge on any atom is -0.335 e. The summed E-state index contributed by atoms with van der Waals surface area (Å²) < 4.78 is 64.4. The van der Waals surface area contributed by atoms with Gasteiger partial charge in [-0.25, -0.2) is 0 Å². The Morgan fingerprint density at radius 1 is 1.17 bits per heavy atom. The van der Waals surface area contributed by atoms with Gasteiger partial charge in [0.1, 0.15) is 0 Å². The van der Waals surface area contributed by atoms with Crippen LogP contribution in [0.25, 0.3) is 0 Å². The lowest BCUT2D eigenvalue weighted by Gasteiger charge is -2.22. The quantitative estimate of drug-likeness (QED) is 0.667. The highest BCUT2D eigenvalue weighted by Gasteiger charge is 2.43. The first-order valence-electron chi connectivity index (χ1n) is 5.97. The van der Waals surface area contributed by atoms with Gasteiger partial charge in [-0.05, 0) is 20.8 Å². The number of rotatable bonds is 8. The molecule has 4 nitrogen and oxygen atoms in total. The van der Waals surface area contributed by atoms with E-state index in [9.17, 15) is 21.6 Å². The van der Waals surface area contributed by atoms with Gasteiger partial charge in [0, 0.05) is 6.42 Å². The van der Waals surface area contributed by atoms with Crippen LogP contribution in [0.2, 0.25) is 0 Å². The van der Waals surface area contributed by atoms with Crippen LogP contribution >= 0.6 is 0 Å². The molecular weight excluding hydrogens is 271 g/mol. The number of alkyl halides is 3. The standard InChI is InChI=1S/C10H20F3NO3S/c1-4-14(5-2)8-7-9(10(11,12)13)17-18(15,16)6-3/h9H,4-8H2,1-3H3/p+1/t9-/m0/s1. The van der Waals surface area contributed by atoms with Crippen LogP contribution in [0.15, 0.2) is 0 Å². The Hall–Kier alpha value is -0.340. The third kappa shape index (κ3) is 6.55. The summed E-state index contributed by atoms with van der Waals surface area (Å²) in [7, 11) is -4.09. The van der Waals surface area contributed by atoms with Crippen molar-refractivity contribution in [1.82, 2.24) is 0 Å². The molecule has 0 radical (unpaired) electrons. The molecule has 0 heterocycles. The largest absolute Gasteiger partial charge is 0.416 e. The highest BCUT2D eigenvalue weighted by Crippen LogP contribution is 2.26. The molecule has 0 fully saturated rings. The van der Waals surface area contributed by atoms with Crippen LogP contribution in [-0.2, 0) is 14.3 Å². The minimum atomic E-state index is -4.66. The molecular formula is C10H21F3NO3S+. The molecule has 0 aliphatic rings. The first kappa shape index (κ1) is 17.7. The van der Waals surface area contributed by atoms with Gasteiger partial charge >= 0.3 is 6.18 Å². The van der Waals surface area contributed by atoms with Crippen molar-refractivity contribution in [2.75, 3.05) is 25.4 Å². The van der Waals surface area contributed by atoms with Crippen molar-refractivity contribution in [1.29, 1.82) is 0 Å². The van der Waals surface area contributed by atoms with E-state index in [1.54, 1.807) is 0 Å². The Bertz CT molecular complexity index is 326. The zero-order valence-electron chi connectivity index (χ0n) is 10.9. The van der Waals surface area contributed by atoms with Gasteiger partial charge in [0.25, 0.3) is 10.1 Å². The summed E-state index contributed by atoms with van der Waals surface area (Å²) in [5, 5.41) is 0. The van der Waals surface area contributed by atoms with Gasteiger partial charge in [-0.15, -0.1) is 0 Å². The molecule has 0 aliphatic heterocycles. The summed E-state index contributed by atoms with van der Waals surface area (Å²) in [6, 6.07) is 0. The normalized spacial score (nSPS) is 15.1. The lowest BCUT2D eigenvalue weighted by Crippen LogP contribution is -3.11. The zero-order valence-corrected chi connectivity index (χ0v) is 11.7. The second kappa shape index (κ2) is 7.30. The fourth-order valence-electron chi connectivity index (χ4n) is 1.45. The molecule has 18 heavy (non-hydrogen) atoms. The Labute approximate surface area is 106 Å². The first-order valence-corrected chi connectivity index (χ1v) is 7.55. The molecule has 0 bridgehead atoms. The van der Waals surface area contributed by atoms with Crippen molar-refractivity contribution in [3.8, 4) is 0 Å². The van der Waals surface area contributed by atoms with Crippen LogP contribution in [0.3, 0.4) is 0 Å². The van der Waals surface area contributed by atoms with E-state index in [4.69, 9.17) is 0 Å². The number of hydrogen-bond donors (Lipinski definition) is 1. The van der Waals surface area contributed by atoms with E-state index < -0.39 is 28.2 Å². The smallest absolute Gasteiger partial charge is 0.335 e. The van der Waals surface area contributed by atoms with Crippen LogP contribution in [0.1, 0.15) is 27.2 Å². The average molecular weight is 292 g/mol. The molecule has 0 aromatic carbocycles. The third-order valence-electron chi connectivity index (χ3n) is 2.74. The van der Waals surface area contributed by atoms with Crippen molar-refractivity contribution in [3.63, 3.8) is 0 Å². The molecule has 110 valence electrons. The highest BCUT2D eigenvalue weighted by atomic mass is 32.2. The van der Waals surface area contributed by atoms with E-state index in [1.807, 2.05) is 13.8 Å². The van der Waals surface area contributed by atoms with Gasteiger partial charge in [-0.3, -0.25) is 4.18 Å². The summed E-state index contributed by atoms with van der Waals surface area (Å²) >= 11 is 0. The Morgan fingerprint density at radius 3 is 2.00 bits per heavy atom. The fourth-order valence-corrected chi connectivity index (χ4v) is 2.15. The van der Waals surface area contributed by atoms with Crippen molar-refractivity contribution in [3.05, 3.63) is 0 Å². The van der Waals surface area contributed by atoms with Crippen molar-refractivity contribution >= 4 is 10.1 Å². The molecule has 0 amide bonds. The van der Waals surface area contributed by atoms with E-state index in [0.717, 1.165) is 4.90 Å². The van der Waals surface area contributed by atoms with Gasteiger partial charge in [0.15, 0.2) is 6.10 Å². The van der Waals surface area contributed by atoms with Crippen molar-refractivity contribution in [2.24, 2.45) is 0 Å². The maximum Gasteiger partial charge on any atom is 0.416 e. The Kier molecular flexibility index (Phi) is 7.16. The summed E-state index contributed by atoms with van der Waals surface area (Å²) in [5.74, 6) is -0.461. The van der Waals surface area contributed by atoms with Gasteiger partial charge in [-0.1, -0.05) is 0 Å². The lowest BCUT2D eigenvalue weighted by molar-refractivity contribution is -0.897. The van der Waals surface area contributed by atoms with Crippen LogP contribution < -0.4 is 4.90 Å². The van der Waals surface area contributed by atoms with E-state index in [-0.39, 0.29) is 13.0 Å². The first-order chi connectivity index (χ1) is 8.16.